The molecule has 2 N–H and O–H groups in total. The molecule has 1 aliphatic carbocycles. The molecule has 6 rings (SSSR count). The molecule has 2 heterocycles. The van der Waals surface area contributed by atoms with Gasteiger partial charge in [0.25, 0.3) is 0 Å². The molecule has 10 nitrogen and oxygen atoms in total. The summed E-state index contributed by atoms with van der Waals surface area (Å²) in [4.78, 5) is 28.1. The van der Waals surface area contributed by atoms with Crippen LogP contribution in [0, 0.1) is 11.8 Å². The van der Waals surface area contributed by atoms with Crippen LogP contribution in [0.15, 0.2) is 48.5 Å². The number of phenolic OH excluding ortho intramolecular Hbond substituents is 1. The van der Waals surface area contributed by atoms with Crippen LogP contribution in [-0.2, 0) is 20.7 Å². The van der Waals surface area contributed by atoms with Crippen LogP contribution in [-0.4, -0.2) is 62.6 Å². The van der Waals surface area contributed by atoms with Crippen LogP contribution in [0.4, 0.5) is 5.69 Å². The number of likely N-dealkylation sites (N-methyl/N-ethyl adjacent to an activating group) is 1. The average Bonchev–Trinajstić information content (AvgIpc) is 3.63. The van der Waals surface area contributed by atoms with E-state index in [1.165, 1.54) is 14.2 Å². The van der Waals surface area contributed by atoms with E-state index in [2.05, 4.69) is 5.32 Å². The summed E-state index contributed by atoms with van der Waals surface area (Å²) >= 11 is 0. The molecule has 0 radical (unpaired) electrons. The number of cyclic esters (lactones) is 1. The van der Waals surface area contributed by atoms with Crippen molar-refractivity contribution in [2.45, 2.75) is 32.2 Å². The quantitative estimate of drug-likeness (QED) is 0.345. The van der Waals surface area contributed by atoms with Crippen LogP contribution >= 0.6 is 0 Å². The molecule has 3 aromatic carbocycles. The monoisotopic (exact) mass is 588 g/mol. The maximum absolute atomic E-state index is 13.4. The maximum Gasteiger partial charge on any atom is 0.310 e. The third-order valence-corrected chi connectivity index (χ3v) is 8.77. The number of nitrogens with zero attached hydrogens (tertiary/aromatic N) is 1. The molecule has 1 amide bonds. The summed E-state index contributed by atoms with van der Waals surface area (Å²) in [5.74, 6) is 0.212. The molecular formula is C33H36N2O8. The summed E-state index contributed by atoms with van der Waals surface area (Å²) in [7, 11) is 2.95. The third kappa shape index (κ3) is 5.04. The van der Waals surface area contributed by atoms with E-state index >= 15 is 0 Å². The fourth-order valence-corrected chi connectivity index (χ4v) is 6.65. The number of hydrogen-bond donors (Lipinski definition) is 2. The number of esters is 1. The Kier molecular flexibility index (Phi) is 7.68. The van der Waals surface area contributed by atoms with Crippen molar-refractivity contribution in [3.05, 3.63) is 70.8 Å². The van der Waals surface area contributed by atoms with Crippen molar-refractivity contribution in [2.75, 3.05) is 46.0 Å². The first-order chi connectivity index (χ1) is 20.9. The topological polar surface area (TPSA) is 116 Å². The van der Waals surface area contributed by atoms with Gasteiger partial charge >= 0.3 is 5.97 Å². The number of anilines is 1. The van der Waals surface area contributed by atoms with Gasteiger partial charge in [-0.25, -0.2) is 0 Å². The standard InChI is InChI=1S/C33H36N2O8/c1-5-35(6-2)28(36)11-18-8-7-9-20(10-18)34-31-22-15-25-24(42-17-43-25)14-21(22)29(30-23(31)16-41-33(30)38)19-12-26(39-3)32(37)27(13-19)40-4/h7-10,12-15,23,29-31,34,37H,5-6,11,16-17H2,1-4H3/t23-,29+,30-,31+/m0/s1. The SMILES string of the molecule is CCN(CC)C(=O)Cc1cccc(N[C@@H]2c3cc4c(cc3[C@@H](c3cc(OC)c(O)c(OC)c3)[C@H]3C(=O)OC[C@@H]32)OCO4)c1. The number of methoxy groups -OCH3 is 2. The van der Waals surface area contributed by atoms with E-state index in [0.717, 1.165) is 27.9 Å². The van der Waals surface area contributed by atoms with Crippen molar-refractivity contribution in [3.63, 3.8) is 0 Å². The Balaban J connectivity index is 1.43. The van der Waals surface area contributed by atoms with Crippen LogP contribution in [0.25, 0.3) is 0 Å². The molecule has 0 aromatic heterocycles. The van der Waals surface area contributed by atoms with E-state index in [9.17, 15) is 14.7 Å². The molecule has 43 heavy (non-hydrogen) atoms. The minimum Gasteiger partial charge on any atom is -0.502 e. The van der Waals surface area contributed by atoms with Crippen LogP contribution < -0.4 is 24.3 Å². The second-order valence-corrected chi connectivity index (χ2v) is 11.0. The Labute approximate surface area is 250 Å². The van der Waals surface area contributed by atoms with E-state index in [1.807, 2.05) is 55.1 Å². The molecule has 0 saturated carbocycles. The number of fused-ring (bicyclic) bond motifs is 3. The molecule has 4 atom stereocenters. The summed E-state index contributed by atoms with van der Waals surface area (Å²) in [5, 5.41) is 14.3. The van der Waals surface area contributed by atoms with Crippen molar-refractivity contribution in [3.8, 4) is 28.7 Å². The van der Waals surface area contributed by atoms with Gasteiger partial charge in [0.15, 0.2) is 23.0 Å². The lowest BCUT2D eigenvalue weighted by atomic mass is 9.65. The molecule has 1 fully saturated rings. The van der Waals surface area contributed by atoms with E-state index in [0.29, 0.717) is 31.0 Å². The molecule has 0 unspecified atom stereocenters. The second kappa shape index (κ2) is 11.6. The molecule has 0 spiro atoms. The Morgan fingerprint density at radius 1 is 0.977 bits per heavy atom. The van der Waals surface area contributed by atoms with Crippen molar-refractivity contribution in [2.24, 2.45) is 11.8 Å². The van der Waals surface area contributed by atoms with Crippen molar-refractivity contribution in [1.29, 1.82) is 0 Å². The summed E-state index contributed by atoms with van der Waals surface area (Å²) < 4.78 is 28.1. The zero-order valence-electron chi connectivity index (χ0n) is 24.7. The number of benzene rings is 3. The number of hydrogen-bond acceptors (Lipinski definition) is 9. The lowest BCUT2D eigenvalue weighted by Crippen LogP contribution is -2.37. The summed E-state index contributed by atoms with van der Waals surface area (Å²) in [6.07, 6.45) is 0.303. The minimum absolute atomic E-state index is 0.0790. The lowest BCUT2D eigenvalue weighted by molar-refractivity contribution is -0.141. The zero-order valence-corrected chi connectivity index (χ0v) is 24.7. The first kappa shape index (κ1) is 28.5. The number of ether oxygens (including phenoxy) is 5. The second-order valence-electron chi connectivity index (χ2n) is 11.0. The van der Waals surface area contributed by atoms with E-state index < -0.39 is 11.8 Å². The highest BCUT2D eigenvalue weighted by atomic mass is 16.7. The Morgan fingerprint density at radius 2 is 1.65 bits per heavy atom. The number of rotatable bonds is 9. The van der Waals surface area contributed by atoms with Gasteiger partial charge < -0.3 is 39.0 Å². The summed E-state index contributed by atoms with van der Waals surface area (Å²) in [6, 6.07) is 14.9. The van der Waals surface area contributed by atoms with Crippen LogP contribution in [0.2, 0.25) is 0 Å². The van der Waals surface area contributed by atoms with Crippen LogP contribution in [0.1, 0.15) is 48.1 Å². The largest absolute Gasteiger partial charge is 0.502 e. The zero-order chi connectivity index (χ0) is 30.2. The highest BCUT2D eigenvalue weighted by Gasteiger charge is 2.52. The number of phenols is 1. The predicted octanol–water partition coefficient (Wildman–Crippen LogP) is 4.64. The highest BCUT2D eigenvalue weighted by Crippen LogP contribution is 2.56. The average molecular weight is 589 g/mol. The van der Waals surface area contributed by atoms with Crippen LogP contribution in [0.3, 0.4) is 0 Å². The first-order valence-electron chi connectivity index (χ1n) is 14.5. The molecule has 0 bridgehead atoms. The van der Waals surface area contributed by atoms with Gasteiger partial charge in [-0.15, -0.1) is 0 Å². The molecule has 10 heteroatoms. The predicted molar refractivity (Wildman–Crippen MR) is 158 cm³/mol. The van der Waals surface area contributed by atoms with Gasteiger partial charge in [-0.2, -0.15) is 0 Å². The van der Waals surface area contributed by atoms with Crippen molar-refractivity contribution in [1.82, 2.24) is 4.90 Å². The van der Waals surface area contributed by atoms with Gasteiger partial charge in [0.2, 0.25) is 18.4 Å². The van der Waals surface area contributed by atoms with Gasteiger partial charge in [-0.3, -0.25) is 9.59 Å². The van der Waals surface area contributed by atoms with E-state index in [1.54, 1.807) is 12.1 Å². The number of carbonyl (C=O) groups excluding carboxylic acids is 2. The number of carbonyl (C=O) groups is 2. The summed E-state index contributed by atoms with van der Waals surface area (Å²) in [5.41, 5.74) is 4.31. The smallest absolute Gasteiger partial charge is 0.310 e. The number of aromatic hydroxyl groups is 1. The Morgan fingerprint density at radius 3 is 2.30 bits per heavy atom. The maximum atomic E-state index is 13.4. The third-order valence-electron chi connectivity index (χ3n) is 8.77. The molecule has 3 aliphatic rings. The van der Waals surface area contributed by atoms with Crippen molar-refractivity contribution < 1.29 is 38.4 Å². The molecule has 1 saturated heterocycles. The van der Waals surface area contributed by atoms with Gasteiger partial charge in [0, 0.05) is 30.6 Å². The van der Waals surface area contributed by atoms with E-state index in [4.69, 9.17) is 23.7 Å². The minimum atomic E-state index is -0.531. The normalized spacial score (nSPS) is 21.4. The first-order valence-corrected chi connectivity index (χ1v) is 14.5. The van der Waals surface area contributed by atoms with Crippen molar-refractivity contribution >= 4 is 17.6 Å². The van der Waals surface area contributed by atoms with Gasteiger partial charge in [0.05, 0.1) is 39.2 Å². The Hall–Kier alpha value is -4.60. The van der Waals surface area contributed by atoms with Gasteiger partial charge in [-0.05, 0) is 72.5 Å². The molecule has 3 aromatic rings. The molecule has 2 aliphatic heterocycles. The van der Waals surface area contributed by atoms with Crippen LogP contribution in [0.5, 0.6) is 28.7 Å². The fraction of sp³-hybridized carbons (Fsp3) is 0.394. The Bertz CT molecular complexity index is 1530. The number of nitrogens with one attached hydrogen (secondary N) is 1. The van der Waals surface area contributed by atoms with Gasteiger partial charge in [0.1, 0.15) is 0 Å². The van der Waals surface area contributed by atoms with E-state index in [-0.39, 0.29) is 54.5 Å². The molecular weight excluding hydrogens is 552 g/mol. The fourth-order valence-electron chi connectivity index (χ4n) is 6.65. The number of amides is 1. The van der Waals surface area contributed by atoms with Gasteiger partial charge in [-0.1, -0.05) is 12.1 Å². The molecule has 226 valence electrons. The lowest BCUT2D eigenvalue weighted by Gasteiger charge is -2.40. The highest BCUT2D eigenvalue weighted by molar-refractivity contribution is 5.80. The summed E-state index contributed by atoms with van der Waals surface area (Å²) in [6.45, 7) is 5.63.